The van der Waals surface area contributed by atoms with Gasteiger partial charge < -0.3 is 20.1 Å². The van der Waals surface area contributed by atoms with Crippen molar-refractivity contribution in [2.24, 2.45) is 0 Å². The van der Waals surface area contributed by atoms with E-state index in [9.17, 15) is 29.1 Å². The van der Waals surface area contributed by atoms with Gasteiger partial charge in [-0.1, -0.05) is 91.0 Å². The van der Waals surface area contributed by atoms with Crippen molar-refractivity contribution in [1.29, 1.82) is 0 Å². The first-order valence-corrected chi connectivity index (χ1v) is 15.3. The van der Waals surface area contributed by atoms with E-state index >= 15 is 0 Å². The number of likely N-dealkylation sites (N-methyl/N-ethyl adjacent to an activating group) is 1. The number of Topliss-reactive ketones (excluding diaryl/α,β-unsaturated/α-hetero) is 1. The van der Waals surface area contributed by atoms with E-state index in [1.165, 1.54) is 21.6 Å². The Kier molecular flexibility index (Phi) is 11.1. The van der Waals surface area contributed by atoms with Crippen molar-refractivity contribution in [3.05, 3.63) is 108 Å². The summed E-state index contributed by atoms with van der Waals surface area (Å²) in [6.45, 7) is 3.54. The summed E-state index contributed by atoms with van der Waals surface area (Å²) in [5.41, 5.74) is 2.25. The summed E-state index contributed by atoms with van der Waals surface area (Å²) < 4.78 is 5.50. The first-order chi connectivity index (χ1) is 21.2. The number of carbonyl (C=O) groups excluding carboxylic acids is 4. The van der Waals surface area contributed by atoms with Crippen LogP contribution in [0.1, 0.15) is 35.9 Å². The van der Waals surface area contributed by atoms with Crippen LogP contribution in [0.5, 0.6) is 0 Å². The minimum atomic E-state index is -1.66. The predicted molar refractivity (Wildman–Crippen MR) is 165 cm³/mol. The average Bonchev–Trinajstić information content (AvgIpc) is 3.50. The van der Waals surface area contributed by atoms with E-state index in [0.717, 1.165) is 11.1 Å². The lowest BCUT2D eigenvalue weighted by molar-refractivity contribution is -0.151. The van der Waals surface area contributed by atoms with Crippen molar-refractivity contribution in [2.75, 3.05) is 12.3 Å². The molecule has 0 aromatic heterocycles. The highest BCUT2D eigenvalue weighted by Crippen LogP contribution is 2.42. The minimum absolute atomic E-state index is 0.0269. The fourth-order valence-corrected chi connectivity index (χ4v) is 6.48. The van der Waals surface area contributed by atoms with E-state index in [2.05, 4.69) is 5.32 Å². The summed E-state index contributed by atoms with van der Waals surface area (Å²) in [5.74, 6) is -3.75. The highest BCUT2D eigenvalue weighted by atomic mass is 32.2. The number of rotatable bonds is 12. The number of hydrogen-bond acceptors (Lipinski definition) is 7. The molecule has 1 aliphatic heterocycles. The maximum atomic E-state index is 14.2. The number of hydrogen-bond donors (Lipinski definition) is 2. The zero-order chi connectivity index (χ0) is 31.6. The van der Waals surface area contributed by atoms with E-state index in [-0.39, 0.29) is 25.3 Å². The molecule has 3 aromatic carbocycles. The van der Waals surface area contributed by atoms with Crippen LogP contribution in [0.3, 0.4) is 0 Å². The van der Waals surface area contributed by atoms with Gasteiger partial charge in [-0.25, -0.2) is 9.59 Å². The van der Waals surface area contributed by atoms with Gasteiger partial charge in [0.1, 0.15) is 30.1 Å². The molecule has 3 aromatic rings. The molecule has 3 amide bonds. The maximum absolute atomic E-state index is 14.2. The monoisotopic (exact) mass is 617 g/mol. The van der Waals surface area contributed by atoms with Crippen LogP contribution in [0, 0.1) is 0 Å². The SMILES string of the molecule is CCN(C(=O)OCc1ccccc1)[C@@H](C)C(=O)N1C(c2ccccc2)SC[C@H]1C(=O)N[C@@H](Cc1ccccc1)C(=O)C(=O)O. The third-order valence-electron chi connectivity index (χ3n) is 7.37. The van der Waals surface area contributed by atoms with Crippen LogP contribution in [0.25, 0.3) is 0 Å². The van der Waals surface area contributed by atoms with Gasteiger partial charge in [-0.05, 0) is 30.5 Å². The average molecular weight is 618 g/mol. The summed E-state index contributed by atoms with van der Waals surface area (Å²) in [6.07, 6.45) is -0.697. The third kappa shape index (κ3) is 7.84. The Morgan fingerprint density at radius 1 is 0.932 bits per heavy atom. The van der Waals surface area contributed by atoms with Crippen molar-refractivity contribution in [3.8, 4) is 0 Å². The molecule has 4 atom stereocenters. The number of amides is 3. The van der Waals surface area contributed by atoms with Gasteiger partial charge in [0.25, 0.3) is 5.78 Å². The van der Waals surface area contributed by atoms with Crippen LogP contribution in [0.4, 0.5) is 4.79 Å². The molecule has 2 N–H and O–H groups in total. The topological polar surface area (TPSA) is 133 Å². The molecule has 11 heteroatoms. The summed E-state index contributed by atoms with van der Waals surface area (Å²) in [5, 5.41) is 11.5. The van der Waals surface area contributed by atoms with Crippen LogP contribution in [0.2, 0.25) is 0 Å². The van der Waals surface area contributed by atoms with Crippen LogP contribution in [-0.4, -0.2) is 75.0 Å². The summed E-state index contributed by atoms with van der Waals surface area (Å²) in [7, 11) is 0. The first-order valence-electron chi connectivity index (χ1n) is 14.3. The standard InChI is InChI=1S/C33H35N3O7S/c1-3-35(33(42)43-20-24-15-9-5-10-16-24)22(2)30(39)36-27(21-44-31(36)25-17-11-6-12-18-25)29(38)34-26(28(37)32(40)41)19-23-13-7-4-8-14-23/h4-18,22,26-27,31H,3,19-21H2,1-2H3,(H,34,38)(H,40,41)/t22-,26-,27-,31?/m0/s1. The molecule has 0 aliphatic carbocycles. The molecule has 44 heavy (non-hydrogen) atoms. The van der Waals surface area contributed by atoms with Gasteiger partial charge in [-0.2, -0.15) is 0 Å². The third-order valence-corrected chi connectivity index (χ3v) is 8.70. The summed E-state index contributed by atoms with van der Waals surface area (Å²) in [4.78, 5) is 68.0. The number of carbonyl (C=O) groups is 5. The van der Waals surface area contributed by atoms with Crippen molar-refractivity contribution in [2.45, 2.75) is 50.4 Å². The van der Waals surface area contributed by atoms with E-state index < -0.39 is 53.2 Å². The van der Waals surface area contributed by atoms with Crippen LogP contribution in [0.15, 0.2) is 91.0 Å². The number of nitrogens with one attached hydrogen (secondary N) is 1. The Hall–Kier alpha value is -4.64. The Morgan fingerprint density at radius 2 is 1.50 bits per heavy atom. The lowest BCUT2D eigenvalue weighted by atomic mass is 10.0. The highest BCUT2D eigenvalue weighted by Gasteiger charge is 2.46. The minimum Gasteiger partial charge on any atom is -0.475 e. The molecule has 1 saturated heterocycles. The molecular formula is C33H35N3O7S. The zero-order valence-corrected chi connectivity index (χ0v) is 25.3. The van der Waals surface area contributed by atoms with Gasteiger partial charge in [0.05, 0.1) is 0 Å². The second-order valence-corrected chi connectivity index (χ2v) is 11.4. The second-order valence-electron chi connectivity index (χ2n) is 10.3. The molecule has 0 bridgehead atoms. The number of thioether (sulfide) groups is 1. The van der Waals surface area contributed by atoms with Gasteiger partial charge in [0.15, 0.2) is 0 Å². The fourth-order valence-electron chi connectivity index (χ4n) is 5.04. The number of nitrogens with zero attached hydrogens (tertiary/aromatic N) is 2. The quantitative estimate of drug-likeness (QED) is 0.291. The van der Waals surface area contributed by atoms with Gasteiger partial charge in [-0.3, -0.25) is 19.3 Å². The van der Waals surface area contributed by atoms with Crippen molar-refractivity contribution >= 4 is 41.4 Å². The summed E-state index contributed by atoms with van der Waals surface area (Å²) in [6, 6.07) is 23.8. The van der Waals surface area contributed by atoms with Gasteiger partial charge >= 0.3 is 12.1 Å². The largest absolute Gasteiger partial charge is 0.475 e. The maximum Gasteiger partial charge on any atom is 0.410 e. The van der Waals surface area contributed by atoms with Crippen LogP contribution >= 0.6 is 11.8 Å². The van der Waals surface area contributed by atoms with Crippen LogP contribution in [-0.2, 0) is 36.9 Å². The van der Waals surface area contributed by atoms with Crippen molar-refractivity contribution in [1.82, 2.24) is 15.1 Å². The molecule has 230 valence electrons. The fraction of sp³-hybridized carbons (Fsp3) is 0.303. The normalized spacial score (nSPS) is 17.3. The van der Waals surface area contributed by atoms with Crippen molar-refractivity contribution in [3.63, 3.8) is 0 Å². The molecule has 1 unspecified atom stereocenters. The van der Waals surface area contributed by atoms with E-state index in [1.807, 2.05) is 60.7 Å². The molecule has 1 fully saturated rings. The number of carboxylic acids is 1. The Bertz CT molecular complexity index is 1460. The number of ketones is 1. The van der Waals surface area contributed by atoms with Crippen LogP contribution < -0.4 is 5.32 Å². The highest BCUT2D eigenvalue weighted by molar-refractivity contribution is 7.99. The van der Waals surface area contributed by atoms with E-state index in [1.54, 1.807) is 44.2 Å². The first kappa shape index (κ1) is 32.3. The van der Waals surface area contributed by atoms with Gasteiger partial charge in [-0.15, -0.1) is 11.8 Å². The number of carboxylic acid groups (broad SMARTS) is 1. The smallest absolute Gasteiger partial charge is 0.410 e. The van der Waals surface area contributed by atoms with Crippen molar-refractivity contribution < 1.29 is 33.8 Å². The molecule has 0 spiro atoms. The Labute approximate surface area is 260 Å². The Morgan fingerprint density at radius 3 is 2.07 bits per heavy atom. The molecule has 10 nitrogen and oxygen atoms in total. The van der Waals surface area contributed by atoms with E-state index in [4.69, 9.17) is 4.74 Å². The number of ether oxygens (including phenoxy) is 1. The predicted octanol–water partition coefficient (Wildman–Crippen LogP) is 4.06. The second kappa shape index (κ2) is 15.2. The molecule has 4 rings (SSSR count). The van der Waals surface area contributed by atoms with E-state index in [0.29, 0.717) is 5.56 Å². The molecule has 1 aliphatic rings. The zero-order valence-electron chi connectivity index (χ0n) is 24.5. The Balaban J connectivity index is 1.57. The summed E-state index contributed by atoms with van der Waals surface area (Å²) >= 11 is 1.38. The van der Waals surface area contributed by atoms with Gasteiger partial charge in [0.2, 0.25) is 11.8 Å². The number of benzene rings is 3. The molecule has 0 radical (unpaired) electrons. The van der Waals surface area contributed by atoms with Gasteiger partial charge in [0, 0.05) is 18.7 Å². The molecular weight excluding hydrogens is 582 g/mol. The molecule has 1 heterocycles. The number of aliphatic carboxylic acids is 1. The molecule has 0 saturated carbocycles. The lowest BCUT2D eigenvalue weighted by Gasteiger charge is -2.35. The lowest BCUT2D eigenvalue weighted by Crippen LogP contribution is -2.57.